The van der Waals surface area contributed by atoms with Crippen molar-refractivity contribution in [2.75, 3.05) is 6.54 Å². The van der Waals surface area contributed by atoms with Gasteiger partial charge in [0.25, 0.3) is 0 Å². The highest BCUT2D eigenvalue weighted by Crippen LogP contribution is 2.28. The van der Waals surface area contributed by atoms with Crippen LogP contribution in [0, 0.1) is 6.92 Å². The lowest BCUT2D eigenvalue weighted by Crippen LogP contribution is -1.99. The molecule has 0 radical (unpaired) electrons. The van der Waals surface area contributed by atoms with E-state index in [4.69, 9.17) is 16.7 Å². The predicted molar refractivity (Wildman–Crippen MR) is 129 cm³/mol. The normalized spacial score (nSPS) is 11.2. The number of rotatable bonds is 4. The number of nitrogens with zero attached hydrogens (tertiary/aromatic N) is 1. The SMILES string of the molecule is C1CC1.CC.CCNSc1ccc2c(Cl)cnc(C)c2c1.OCc1ccccc1. The van der Waals surface area contributed by atoms with Gasteiger partial charge >= 0.3 is 0 Å². The van der Waals surface area contributed by atoms with E-state index in [0.29, 0.717) is 5.02 Å². The second kappa shape index (κ2) is 15.3. The van der Waals surface area contributed by atoms with Gasteiger partial charge in [0.2, 0.25) is 0 Å². The van der Waals surface area contributed by atoms with Crippen LogP contribution >= 0.6 is 23.5 Å². The first kappa shape index (κ1) is 25.4. The second-order valence-corrected chi connectivity index (χ2v) is 7.57. The molecule has 0 amide bonds. The number of nitrogens with one attached hydrogen (secondary N) is 1. The maximum Gasteiger partial charge on any atom is 0.0681 e. The van der Waals surface area contributed by atoms with Crippen LogP contribution in [0.25, 0.3) is 10.8 Å². The van der Waals surface area contributed by atoms with Crippen LogP contribution in [0.15, 0.2) is 59.6 Å². The Hall–Kier alpha value is -1.59. The zero-order valence-electron chi connectivity index (χ0n) is 17.9. The molecule has 0 saturated heterocycles. The lowest BCUT2D eigenvalue weighted by atomic mass is 10.1. The lowest BCUT2D eigenvalue weighted by Gasteiger charge is -2.06. The second-order valence-electron chi connectivity index (χ2n) is 6.20. The number of hydrogen-bond acceptors (Lipinski definition) is 4. The van der Waals surface area contributed by atoms with E-state index in [1.54, 1.807) is 18.1 Å². The van der Waals surface area contributed by atoms with Gasteiger partial charge in [0.1, 0.15) is 0 Å². The maximum atomic E-state index is 8.54. The number of fused-ring (bicyclic) bond motifs is 1. The molecule has 0 spiro atoms. The van der Waals surface area contributed by atoms with E-state index >= 15 is 0 Å². The summed E-state index contributed by atoms with van der Waals surface area (Å²) in [5.41, 5.74) is 1.98. The van der Waals surface area contributed by atoms with Gasteiger partial charge in [-0.3, -0.25) is 9.71 Å². The minimum absolute atomic E-state index is 0.140. The van der Waals surface area contributed by atoms with Crippen molar-refractivity contribution in [3.05, 3.63) is 71.0 Å². The number of aryl methyl sites for hydroxylation is 1. The minimum atomic E-state index is 0.140. The molecule has 3 nitrogen and oxygen atoms in total. The van der Waals surface area contributed by atoms with E-state index in [2.05, 4.69) is 28.8 Å². The van der Waals surface area contributed by atoms with E-state index < -0.39 is 0 Å². The Labute approximate surface area is 185 Å². The summed E-state index contributed by atoms with van der Waals surface area (Å²) in [7, 11) is 0. The van der Waals surface area contributed by atoms with Gasteiger partial charge in [0.05, 0.1) is 11.6 Å². The molecule has 1 saturated carbocycles. The number of aromatic nitrogens is 1. The molecule has 1 heterocycles. The quantitative estimate of drug-likeness (QED) is 0.428. The Balaban J connectivity index is 0.000000267. The van der Waals surface area contributed by atoms with Crippen molar-refractivity contribution < 1.29 is 5.11 Å². The zero-order valence-corrected chi connectivity index (χ0v) is 19.5. The van der Waals surface area contributed by atoms with Crippen LogP contribution in [0.1, 0.15) is 51.3 Å². The molecule has 3 aromatic rings. The summed E-state index contributed by atoms with van der Waals surface area (Å²) in [5.74, 6) is 0. The molecule has 1 aliphatic carbocycles. The average Bonchev–Trinajstić information content (AvgIpc) is 3.67. The van der Waals surface area contributed by atoms with Crippen molar-refractivity contribution in [1.82, 2.24) is 9.71 Å². The minimum Gasteiger partial charge on any atom is -0.392 e. The predicted octanol–water partition coefficient (Wildman–Crippen LogP) is 7.19. The van der Waals surface area contributed by atoms with Crippen LogP contribution in [0.3, 0.4) is 0 Å². The molecule has 1 aliphatic rings. The van der Waals surface area contributed by atoms with Gasteiger partial charge in [-0.25, -0.2) is 0 Å². The molecule has 1 aromatic heterocycles. The summed E-state index contributed by atoms with van der Waals surface area (Å²) < 4.78 is 3.23. The van der Waals surface area contributed by atoms with Crippen LogP contribution in [0.4, 0.5) is 0 Å². The molecule has 2 N–H and O–H groups in total. The number of benzene rings is 2. The van der Waals surface area contributed by atoms with Gasteiger partial charge in [0, 0.05) is 34.1 Å². The third-order valence-corrected chi connectivity index (χ3v) is 4.95. The number of halogens is 1. The fourth-order valence-electron chi connectivity index (χ4n) is 2.13. The first-order valence-corrected chi connectivity index (χ1v) is 11.4. The maximum absolute atomic E-state index is 8.54. The first-order valence-electron chi connectivity index (χ1n) is 10.2. The van der Waals surface area contributed by atoms with Crippen molar-refractivity contribution in [1.29, 1.82) is 0 Å². The molecule has 1 fully saturated rings. The molecule has 0 bridgehead atoms. The number of aliphatic hydroxyl groups is 1. The van der Waals surface area contributed by atoms with Gasteiger partial charge in [-0.1, -0.05) is 88.0 Å². The summed E-state index contributed by atoms with van der Waals surface area (Å²) in [6, 6.07) is 15.8. The Morgan fingerprint density at radius 1 is 1.03 bits per heavy atom. The zero-order chi connectivity index (χ0) is 21.5. The average molecular weight is 433 g/mol. The van der Waals surface area contributed by atoms with E-state index in [0.717, 1.165) is 28.6 Å². The van der Waals surface area contributed by atoms with Crippen LogP contribution in [-0.2, 0) is 6.61 Å². The van der Waals surface area contributed by atoms with Crippen molar-refractivity contribution in [3.8, 4) is 0 Å². The van der Waals surface area contributed by atoms with Crippen molar-refractivity contribution in [2.45, 2.75) is 58.5 Å². The molecule has 2 aromatic carbocycles. The van der Waals surface area contributed by atoms with Crippen molar-refractivity contribution >= 4 is 34.3 Å². The molecule has 158 valence electrons. The number of aliphatic hydroxyl groups excluding tert-OH is 1. The Morgan fingerprint density at radius 2 is 1.69 bits per heavy atom. The fraction of sp³-hybridized carbons (Fsp3) is 0.375. The summed E-state index contributed by atoms with van der Waals surface area (Å²) >= 11 is 7.73. The van der Waals surface area contributed by atoms with Crippen LogP contribution in [0.2, 0.25) is 5.02 Å². The molecule has 29 heavy (non-hydrogen) atoms. The topological polar surface area (TPSA) is 45.2 Å². The van der Waals surface area contributed by atoms with Gasteiger partial charge in [-0.05, 0) is 36.6 Å². The summed E-state index contributed by atoms with van der Waals surface area (Å²) in [6.07, 6.45) is 6.20. The highest BCUT2D eigenvalue weighted by atomic mass is 35.5. The highest BCUT2D eigenvalue weighted by Gasteiger charge is 2.04. The molecule has 0 aliphatic heterocycles. The van der Waals surface area contributed by atoms with Gasteiger partial charge in [-0.2, -0.15) is 0 Å². The largest absolute Gasteiger partial charge is 0.392 e. The Kier molecular flexibility index (Phi) is 13.4. The van der Waals surface area contributed by atoms with Crippen LogP contribution in [-0.4, -0.2) is 16.6 Å². The van der Waals surface area contributed by atoms with E-state index in [9.17, 15) is 0 Å². The molecular formula is C24H33ClN2OS. The van der Waals surface area contributed by atoms with E-state index in [-0.39, 0.29) is 6.61 Å². The first-order chi connectivity index (χ1) is 14.2. The molecule has 4 rings (SSSR count). The monoisotopic (exact) mass is 432 g/mol. The molecule has 0 atom stereocenters. The van der Waals surface area contributed by atoms with Crippen molar-refractivity contribution in [3.63, 3.8) is 0 Å². The summed E-state index contributed by atoms with van der Waals surface area (Å²) in [6.45, 7) is 9.16. The summed E-state index contributed by atoms with van der Waals surface area (Å²) in [5, 5.41) is 11.4. The van der Waals surface area contributed by atoms with Gasteiger partial charge < -0.3 is 5.11 Å². The third kappa shape index (κ3) is 10.1. The lowest BCUT2D eigenvalue weighted by molar-refractivity contribution is 0.282. The number of pyridine rings is 1. The van der Waals surface area contributed by atoms with Crippen LogP contribution < -0.4 is 4.72 Å². The Bertz CT molecular complexity index is 823. The van der Waals surface area contributed by atoms with E-state index in [1.807, 2.05) is 57.2 Å². The molecular weight excluding hydrogens is 400 g/mol. The molecule has 0 unspecified atom stereocenters. The van der Waals surface area contributed by atoms with E-state index in [1.165, 1.54) is 24.2 Å². The van der Waals surface area contributed by atoms with Crippen molar-refractivity contribution in [2.24, 2.45) is 0 Å². The third-order valence-electron chi connectivity index (χ3n) is 3.72. The highest BCUT2D eigenvalue weighted by molar-refractivity contribution is 7.97. The fourth-order valence-corrected chi connectivity index (χ4v) is 2.96. The Morgan fingerprint density at radius 3 is 2.21 bits per heavy atom. The smallest absolute Gasteiger partial charge is 0.0681 e. The van der Waals surface area contributed by atoms with Gasteiger partial charge in [0.15, 0.2) is 0 Å². The standard InChI is InChI=1S/C12H13ClN2S.C7H8O.C3H6.C2H6/c1-3-15-16-9-4-5-10-11(6-9)8(2)14-7-12(10)13;8-6-7-4-2-1-3-5-7;1-2-3-1;1-2/h4-7,15H,3H2,1-2H3;1-5,8H,6H2;1-3H2;1-2H3. The summed E-state index contributed by atoms with van der Waals surface area (Å²) in [4.78, 5) is 5.45. The number of hydrogen-bond donors (Lipinski definition) is 2. The van der Waals surface area contributed by atoms with Gasteiger partial charge in [-0.15, -0.1) is 0 Å². The molecule has 5 heteroatoms. The van der Waals surface area contributed by atoms with Crippen LogP contribution in [0.5, 0.6) is 0 Å².